The molecule has 0 aliphatic carbocycles. The number of fused-ring (bicyclic) bond motifs is 1. The van der Waals surface area contributed by atoms with Crippen LogP contribution in [-0.4, -0.2) is 37.8 Å². The summed E-state index contributed by atoms with van der Waals surface area (Å²) in [6.45, 7) is 3.44. The van der Waals surface area contributed by atoms with E-state index < -0.39 is 0 Å². The first kappa shape index (κ1) is 14.8. The van der Waals surface area contributed by atoms with Gasteiger partial charge in [0, 0.05) is 32.0 Å². The molecule has 2 aromatic rings. The number of hydrogen-bond donors (Lipinski definition) is 1. The molecular weight excluding hydrogens is 314 g/mol. The summed E-state index contributed by atoms with van der Waals surface area (Å²) in [6.07, 6.45) is 5.59. The summed E-state index contributed by atoms with van der Waals surface area (Å²) in [7, 11) is 1.89. The van der Waals surface area contributed by atoms with E-state index in [9.17, 15) is 4.79 Å². The molecule has 0 bridgehead atoms. The van der Waals surface area contributed by atoms with Gasteiger partial charge >= 0.3 is 0 Å². The molecule has 1 unspecified atom stereocenters. The monoisotopic (exact) mass is 333 g/mol. The lowest BCUT2D eigenvalue weighted by molar-refractivity contribution is 0.0666. The molecule has 1 saturated heterocycles. The van der Waals surface area contributed by atoms with Gasteiger partial charge in [0.15, 0.2) is 5.82 Å². The molecule has 4 rings (SSSR count). The molecule has 0 spiro atoms. The van der Waals surface area contributed by atoms with Gasteiger partial charge in [0.05, 0.1) is 28.1 Å². The Labute approximate surface area is 137 Å². The van der Waals surface area contributed by atoms with Gasteiger partial charge in [-0.2, -0.15) is 5.10 Å². The smallest absolute Gasteiger partial charge is 0.271 e. The maximum absolute atomic E-state index is 12.6. The zero-order valence-electron chi connectivity index (χ0n) is 13.2. The van der Waals surface area contributed by atoms with E-state index >= 15 is 0 Å². The largest absolute Gasteiger partial charge is 0.381 e. The number of aromatic nitrogens is 4. The van der Waals surface area contributed by atoms with Crippen molar-refractivity contribution in [2.24, 2.45) is 12.0 Å². The second-order valence-corrected chi connectivity index (χ2v) is 7.27. The number of aromatic amines is 1. The third-order valence-corrected chi connectivity index (χ3v) is 5.51. The van der Waals surface area contributed by atoms with Crippen LogP contribution in [0.3, 0.4) is 0 Å². The molecule has 1 N–H and O–H groups in total. The van der Waals surface area contributed by atoms with Crippen molar-refractivity contribution in [3.8, 4) is 0 Å². The maximum Gasteiger partial charge on any atom is 0.271 e. The lowest BCUT2D eigenvalue weighted by atomic mass is 10.1. The fraction of sp³-hybridized carbons (Fsp3) is 0.533. The van der Waals surface area contributed by atoms with Crippen LogP contribution in [0.2, 0.25) is 0 Å². The van der Waals surface area contributed by atoms with Crippen LogP contribution in [0, 0.1) is 0 Å². The molecule has 23 heavy (non-hydrogen) atoms. The van der Waals surface area contributed by atoms with Crippen LogP contribution in [0.5, 0.6) is 0 Å². The molecule has 122 valence electrons. The number of nitrogens with zero attached hydrogens (tertiary/aromatic N) is 4. The minimum absolute atomic E-state index is 0.0518. The highest BCUT2D eigenvalue weighted by Crippen LogP contribution is 2.44. The first-order valence-corrected chi connectivity index (χ1v) is 8.64. The van der Waals surface area contributed by atoms with Gasteiger partial charge in [-0.25, -0.2) is 4.99 Å². The number of hydrogen-bond acceptors (Lipinski definition) is 5. The van der Waals surface area contributed by atoms with Crippen LogP contribution in [0.4, 0.5) is 5.82 Å². The zero-order valence-corrected chi connectivity index (χ0v) is 14.0. The molecule has 1 atom stereocenters. The summed E-state index contributed by atoms with van der Waals surface area (Å²) in [5.41, 5.74) is 1.72. The third-order valence-electron chi connectivity index (χ3n) is 4.33. The van der Waals surface area contributed by atoms with Gasteiger partial charge in [-0.05, 0) is 19.8 Å². The number of aryl methyl sites for hydroxylation is 1. The van der Waals surface area contributed by atoms with E-state index in [1.807, 2.05) is 31.0 Å². The summed E-state index contributed by atoms with van der Waals surface area (Å²) < 4.78 is 9.15. The van der Waals surface area contributed by atoms with Crippen LogP contribution < -0.4 is 5.56 Å². The fourth-order valence-electron chi connectivity index (χ4n) is 3.23. The standard InChI is InChI=1S/C15H19N5O2S/c1-9-17-14-12(13(23-9)10-7-16-19(2)8-10)15(21)18-20(14)11-3-5-22-6-4-11/h7-8,11,13H,3-6H2,1-2H3,(H,18,21). The molecule has 0 amide bonds. The first-order valence-electron chi connectivity index (χ1n) is 7.76. The Morgan fingerprint density at radius 3 is 2.87 bits per heavy atom. The molecule has 2 aliphatic heterocycles. The minimum Gasteiger partial charge on any atom is -0.381 e. The van der Waals surface area contributed by atoms with Gasteiger partial charge in [-0.1, -0.05) is 11.8 Å². The van der Waals surface area contributed by atoms with Crippen molar-refractivity contribution in [2.75, 3.05) is 13.2 Å². The predicted molar refractivity (Wildman–Crippen MR) is 89.6 cm³/mol. The Bertz CT molecular complexity index is 812. The molecule has 0 radical (unpaired) electrons. The van der Waals surface area contributed by atoms with Gasteiger partial charge in [0.25, 0.3) is 5.56 Å². The van der Waals surface area contributed by atoms with Crippen molar-refractivity contribution >= 4 is 22.6 Å². The van der Waals surface area contributed by atoms with Crippen LogP contribution in [0.15, 0.2) is 22.2 Å². The fourth-order valence-corrected chi connectivity index (χ4v) is 4.30. The first-order chi connectivity index (χ1) is 11.1. The van der Waals surface area contributed by atoms with Gasteiger partial charge in [-0.3, -0.25) is 19.3 Å². The molecule has 8 heteroatoms. The van der Waals surface area contributed by atoms with E-state index in [4.69, 9.17) is 4.74 Å². The summed E-state index contributed by atoms with van der Waals surface area (Å²) >= 11 is 1.61. The van der Waals surface area contributed by atoms with Crippen molar-refractivity contribution in [1.82, 2.24) is 19.6 Å². The highest BCUT2D eigenvalue weighted by atomic mass is 32.2. The summed E-state index contributed by atoms with van der Waals surface area (Å²) in [6, 6.07) is 0.245. The second-order valence-electron chi connectivity index (χ2n) is 5.97. The van der Waals surface area contributed by atoms with Crippen molar-refractivity contribution in [1.29, 1.82) is 0 Å². The predicted octanol–water partition coefficient (Wildman–Crippen LogP) is 2.15. The number of H-pyrrole nitrogens is 1. The Morgan fingerprint density at radius 1 is 1.39 bits per heavy atom. The highest BCUT2D eigenvalue weighted by molar-refractivity contribution is 8.14. The number of ether oxygens (including phenoxy) is 1. The molecule has 1 fully saturated rings. The van der Waals surface area contributed by atoms with Gasteiger partial charge in [0.2, 0.25) is 0 Å². The third kappa shape index (κ3) is 2.55. The van der Waals surface area contributed by atoms with Crippen LogP contribution in [0.1, 0.15) is 42.2 Å². The minimum atomic E-state index is -0.0546. The summed E-state index contributed by atoms with van der Waals surface area (Å²) in [5, 5.41) is 8.16. The molecule has 4 heterocycles. The van der Waals surface area contributed by atoms with Crippen molar-refractivity contribution in [3.05, 3.63) is 33.9 Å². The van der Waals surface area contributed by atoms with Crippen molar-refractivity contribution in [3.63, 3.8) is 0 Å². The average molecular weight is 333 g/mol. The molecule has 2 aliphatic rings. The molecule has 7 nitrogen and oxygen atoms in total. The maximum atomic E-state index is 12.6. The van der Waals surface area contributed by atoms with Crippen LogP contribution in [0.25, 0.3) is 0 Å². The Kier molecular flexibility index (Phi) is 3.65. The highest BCUT2D eigenvalue weighted by Gasteiger charge is 2.32. The lowest BCUT2D eigenvalue weighted by Gasteiger charge is -2.25. The Balaban J connectivity index is 1.82. The zero-order chi connectivity index (χ0) is 16.0. The molecule has 0 saturated carbocycles. The van der Waals surface area contributed by atoms with E-state index in [1.165, 1.54) is 0 Å². The van der Waals surface area contributed by atoms with Crippen molar-refractivity contribution in [2.45, 2.75) is 31.1 Å². The van der Waals surface area contributed by atoms with Gasteiger partial charge < -0.3 is 4.74 Å². The number of thioether (sulfide) groups is 1. The van der Waals surface area contributed by atoms with Crippen molar-refractivity contribution < 1.29 is 4.74 Å². The topological polar surface area (TPSA) is 77.2 Å². The summed E-state index contributed by atoms with van der Waals surface area (Å²) in [4.78, 5) is 17.3. The Hall–Kier alpha value is -1.80. The normalized spacial score (nSPS) is 22.0. The SMILES string of the molecule is CC1=Nc2c(c(=O)[nH]n2C2CCOCC2)C(c2cnn(C)c2)S1. The van der Waals surface area contributed by atoms with E-state index in [0.717, 1.165) is 48.0 Å². The summed E-state index contributed by atoms with van der Waals surface area (Å²) in [5.74, 6) is 0.770. The number of rotatable bonds is 2. The molecule has 0 aromatic carbocycles. The van der Waals surface area contributed by atoms with E-state index in [0.29, 0.717) is 0 Å². The number of aliphatic imine (C=N–C) groups is 1. The van der Waals surface area contributed by atoms with E-state index in [-0.39, 0.29) is 16.9 Å². The van der Waals surface area contributed by atoms with Gasteiger partial charge in [-0.15, -0.1) is 0 Å². The Morgan fingerprint density at radius 2 is 2.17 bits per heavy atom. The average Bonchev–Trinajstić information content (AvgIpc) is 3.12. The second kappa shape index (κ2) is 5.68. The van der Waals surface area contributed by atoms with Crippen LogP contribution in [-0.2, 0) is 11.8 Å². The van der Waals surface area contributed by atoms with E-state index in [2.05, 4.69) is 15.2 Å². The quantitative estimate of drug-likeness (QED) is 0.913. The molecular formula is C15H19N5O2S. The van der Waals surface area contributed by atoms with E-state index in [1.54, 1.807) is 16.4 Å². The van der Waals surface area contributed by atoms with Gasteiger partial charge in [0.1, 0.15) is 0 Å². The van der Waals surface area contributed by atoms with Crippen LogP contribution >= 0.6 is 11.8 Å². The number of nitrogens with one attached hydrogen (secondary N) is 1. The lowest BCUT2D eigenvalue weighted by Crippen LogP contribution is -2.21. The molecule has 2 aromatic heterocycles.